The molecule has 8 nitrogen and oxygen atoms in total. The number of hydrogen-bond acceptors (Lipinski definition) is 6. The van der Waals surface area contributed by atoms with Gasteiger partial charge in [-0.1, -0.05) is 0 Å². The van der Waals surface area contributed by atoms with E-state index in [-0.39, 0.29) is 6.54 Å². The summed E-state index contributed by atoms with van der Waals surface area (Å²) in [6.07, 6.45) is 3.01. The van der Waals surface area contributed by atoms with Crippen molar-refractivity contribution in [1.82, 2.24) is 29.6 Å². The molecule has 1 aliphatic heterocycles. The van der Waals surface area contributed by atoms with Crippen molar-refractivity contribution >= 4 is 5.97 Å². The molecule has 0 spiro atoms. The number of piperidine rings is 1. The topological polar surface area (TPSA) is 97.0 Å². The molecule has 0 aromatic carbocycles. The lowest BCUT2D eigenvalue weighted by molar-refractivity contribution is -0.137. The number of rotatable bonds is 5. The lowest BCUT2D eigenvalue weighted by atomic mass is 9.94. The Morgan fingerprint density at radius 2 is 1.96 bits per heavy atom. The van der Waals surface area contributed by atoms with Crippen LogP contribution in [0.25, 0.3) is 11.5 Å². The fourth-order valence-electron chi connectivity index (χ4n) is 3.26. The van der Waals surface area contributed by atoms with Crippen LogP contribution in [0.3, 0.4) is 0 Å². The minimum absolute atomic E-state index is 0.224. The molecule has 0 atom stereocenters. The van der Waals surface area contributed by atoms with Gasteiger partial charge in [0.05, 0.1) is 0 Å². The van der Waals surface area contributed by atoms with Crippen molar-refractivity contribution in [2.24, 2.45) is 5.92 Å². The van der Waals surface area contributed by atoms with Crippen molar-refractivity contribution in [2.75, 3.05) is 20.1 Å². The van der Waals surface area contributed by atoms with Crippen molar-refractivity contribution in [2.45, 2.75) is 39.7 Å². The summed E-state index contributed by atoms with van der Waals surface area (Å²) >= 11 is 0. The minimum atomic E-state index is -0.945. The van der Waals surface area contributed by atoms with E-state index >= 15 is 0 Å². The third-order valence-corrected chi connectivity index (χ3v) is 4.51. The molecule has 2 aromatic rings. The Balaban J connectivity index is 1.88. The van der Waals surface area contributed by atoms with Gasteiger partial charge in [-0.3, -0.25) is 4.79 Å². The molecule has 2 aromatic heterocycles. The van der Waals surface area contributed by atoms with E-state index in [9.17, 15) is 9.90 Å². The number of carboxylic acids is 1. The van der Waals surface area contributed by atoms with Crippen LogP contribution in [0.2, 0.25) is 0 Å². The van der Waals surface area contributed by atoms with E-state index < -0.39 is 5.97 Å². The number of nitrogens with zero attached hydrogens (tertiary/aromatic N) is 6. The molecule has 134 valence electrons. The number of hydrogen-bond donors (Lipinski definition) is 1. The van der Waals surface area contributed by atoms with Crippen molar-refractivity contribution < 1.29 is 9.90 Å². The fraction of sp³-hybridized carbons (Fsp3) is 0.588. The number of aliphatic carboxylic acids is 1. The second-order valence-corrected chi connectivity index (χ2v) is 6.80. The largest absolute Gasteiger partial charge is 0.480 e. The summed E-state index contributed by atoms with van der Waals surface area (Å²) < 4.78 is 1.44. The number of likely N-dealkylation sites (tertiary alicyclic amines) is 1. The second-order valence-electron chi connectivity index (χ2n) is 6.80. The first kappa shape index (κ1) is 17.5. The summed E-state index contributed by atoms with van der Waals surface area (Å²) in [5, 5.41) is 13.6. The summed E-state index contributed by atoms with van der Waals surface area (Å²) in [4.78, 5) is 26.8. The second kappa shape index (κ2) is 7.26. The highest BCUT2D eigenvalue weighted by molar-refractivity contribution is 5.67. The Morgan fingerprint density at radius 1 is 1.24 bits per heavy atom. The first-order valence-corrected chi connectivity index (χ1v) is 8.57. The molecule has 8 heteroatoms. The predicted octanol–water partition coefficient (Wildman–Crippen LogP) is 1.32. The smallest absolute Gasteiger partial charge is 0.325 e. The van der Waals surface area contributed by atoms with Crippen LogP contribution in [0.15, 0.2) is 6.07 Å². The summed E-state index contributed by atoms with van der Waals surface area (Å²) in [7, 11) is 2.13. The van der Waals surface area contributed by atoms with Crippen LogP contribution in [0.4, 0.5) is 0 Å². The number of carboxylic acid groups (broad SMARTS) is 1. The average molecular weight is 344 g/mol. The number of aryl methyl sites for hydroxylation is 2. The van der Waals surface area contributed by atoms with Crippen molar-refractivity contribution in [3.63, 3.8) is 0 Å². The lowest BCUT2D eigenvalue weighted by Gasteiger charge is -2.28. The molecule has 1 N–H and O–H groups in total. The quantitative estimate of drug-likeness (QED) is 0.873. The highest BCUT2D eigenvalue weighted by Gasteiger charge is 2.21. The van der Waals surface area contributed by atoms with Crippen LogP contribution in [0.5, 0.6) is 0 Å². The molecule has 3 heterocycles. The number of carbonyl (C=O) groups is 1. The molecule has 1 aliphatic rings. The van der Waals surface area contributed by atoms with Gasteiger partial charge in [-0.05, 0) is 58.8 Å². The summed E-state index contributed by atoms with van der Waals surface area (Å²) in [5.74, 6) is 1.42. The van der Waals surface area contributed by atoms with Gasteiger partial charge in [-0.25, -0.2) is 19.6 Å². The molecular weight excluding hydrogens is 320 g/mol. The van der Waals surface area contributed by atoms with E-state index in [0.717, 1.165) is 38.0 Å². The molecule has 1 saturated heterocycles. The molecule has 0 radical (unpaired) electrons. The zero-order valence-corrected chi connectivity index (χ0v) is 14.9. The monoisotopic (exact) mass is 344 g/mol. The van der Waals surface area contributed by atoms with E-state index in [1.807, 2.05) is 19.9 Å². The van der Waals surface area contributed by atoms with E-state index in [2.05, 4.69) is 32.0 Å². The van der Waals surface area contributed by atoms with Gasteiger partial charge < -0.3 is 10.0 Å². The highest BCUT2D eigenvalue weighted by atomic mass is 16.4. The van der Waals surface area contributed by atoms with Crippen LogP contribution in [-0.2, 0) is 17.8 Å². The Labute approximate surface area is 146 Å². The van der Waals surface area contributed by atoms with Gasteiger partial charge in [0.1, 0.15) is 18.1 Å². The zero-order valence-electron chi connectivity index (χ0n) is 14.9. The van der Waals surface area contributed by atoms with E-state index in [4.69, 9.17) is 0 Å². The molecule has 1 fully saturated rings. The summed E-state index contributed by atoms with van der Waals surface area (Å²) in [6.45, 7) is 5.64. The van der Waals surface area contributed by atoms with Crippen LogP contribution in [0.1, 0.15) is 30.2 Å². The number of aromatic nitrogens is 5. The third-order valence-electron chi connectivity index (χ3n) is 4.51. The fourth-order valence-corrected chi connectivity index (χ4v) is 3.26. The molecule has 0 saturated carbocycles. The predicted molar refractivity (Wildman–Crippen MR) is 92.1 cm³/mol. The van der Waals surface area contributed by atoms with Gasteiger partial charge in [0.25, 0.3) is 0 Å². The van der Waals surface area contributed by atoms with Gasteiger partial charge in [-0.15, -0.1) is 0 Å². The third kappa shape index (κ3) is 4.39. The van der Waals surface area contributed by atoms with Crippen LogP contribution >= 0.6 is 0 Å². The Morgan fingerprint density at radius 3 is 2.60 bits per heavy atom. The zero-order chi connectivity index (χ0) is 18.0. The minimum Gasteiger partial charge on any atom is -0.480 e. The van der Waals surface area contributed by atoms with Crippen molar-refractivity contribution in [3.8, 4) is 11.5 Å². The maximum atomic E-state index is 11.2. The standard InChI is InChI=1S/C17H24N6O2/c1-11-8-14(19-12(2)18-11)17-20-15(21-23(17)10-16(24)25)9-13-4-6-22(3)7-5-13/h8,13H,4-7,9-10H2,1-3H3,(H,24,25). The molecule has 25 heavy (non-hydrogen) atoms. The van der Waals surface area contributed by atoms with Gasteiger partial charge >= 0.3 is 5.97 Å². The Hall–Kier alpha value is -2.35. The van der Waals surface area contributed by atoms with Crippen LogP contribution in [-0.4, -0.2) is 60.8 Å². The first-order chi connectivity index (χ1) is 11.9. The average Bonchev–Trinajstić information content (AvgIpc) is 2.90. The Bertz CT molecular complexity index is 744. The maximum Gasteiger partial charge on any atom is 0.325 e. The molecule has 0 amide bonds. The van der Waals surface area contributed by atoms with E-state index in [1.165, 1.54) is 4.68 Å². The first-order valence-electron chi connectivity index (χ1n) is 8.57. The molecule has 3 rings (SSSR count). The van der Waals surface area contributed by atoms with Crippen LogP contribution < -0.4 is 0 Å². The van der Waals surface area contributed by atoms with Gasteiger partial charge in [0.15, 0.2) is 11.6 Å². The normalized spacial score (nSPS) is 16.3. The SMILES string of the molecule is Cc1cc(-c2nc(CC3CCN(C)CC3)nn2CC(=O)O)nc(C)n1. The summed E-state index contributed by atoms with van der Waals surface area (Å²) in [6, 6.07) is 1.81. The molecule has 0 bridgehead atoms. The van der Waals surface area contributed by atoms with Gasteiger partial charge in [0, 0.05) is 12.1 Å². The Kier molecular flexibility index (Phi) is 5.08. The molecule has 0 unspecified atom stereocenters. The van der Waals surface area contributed by atoms with E-state index in [0.29, 0.717) is 29.1 Å². The highest BCUT2D eigenvalue weighted by Crippen LogP contribution is 2.22. The van der Waals surface area contributed by atoms with Crippen molar-refractivity contribution in [3.05, 3.63) is 23.4 Å². The van der Waals surface area contributed by atoms with Crippen LogP contribution in [0, 0.1) is 19.8 Å². The molecular formula is C17H24N6O2. The summed E-state index contributed by atoms with van der Waals surface area (Å²) in [5.41, 5.74) is 1.44. The van der Waals surface area contributed by atoms with Crippen molar-refractivity contribution in [1.29, 1.82) is 0 Å². The van der Waals surface area contributed by atoms with Gasteiger partial charge in [0.2, 0.25) is 0 Å². The molecule has 0 aliphatic carbocycles. The van der Waals surface area contributed by atoms with Gasteiger partial charge in [-0.2, -0.15) is 5.10 Å². The van der Waals surface area contributed by atoms with E-state index in [1.54, 1.807) is 0 Å². The lowest BCUT2D eigenvalue weighted by Crippen LogP contribution is -2.31. The maximum absolute atomic E-state index is 11.2.